The molecule has 0 radical (unpaired) electrons. The van der Waals surface area contributed by atoms with Gasteiger partial charge in [0, 0.05) is 24.7 Å². The molecule has 144 valence electrons. The molecule has 1 aromatic rings. The van der Waals surface area contributed by atoms with Crippen molar-refractivity contribution in [3.8, 4) is 0 Å². The highest BCUT2D eigenvalue weighted by atomic mass is 35.5. The van der Waals surface area contributed by atoms with Gasteiger partial charge in [-0.2, -0.15) is 0 Å². The summed E-state index contributed by atoms with van der Waals surface area (Å²) in [5, 5.41) is 11.9. The molecule has 1 aliphatic rings. The van der Waals surface area contributed by atoms with E-state index in [1.54, 1.807) is 18.9 Å². The Hall–Kier alpha value is -2.12. The highest BCUT2D eigenvalue weighted by Gasteiger charge is 2.28. The fourth-order valence-electron chi connectivity index (χ4n) is 2.80. The number of carboxylic acid groups (broad SMARTS) is 1. The number of anilines is 1. The Labute approximate surface area is 159 Å². The normalized spacial score (nSPS) is 15.9. The highest BCUT2D eigenvalue weighted by molar-refractivity contribution is 5.92. The molecule has 2 N–H and O–H groups in total. The molecule has 1 aromatic carbocycles. The number of likely N-dealkylation sites (N-methyl/N-ethyl adjacent to an activating group) is 1. The second kappa shape index (κ2) is 10.1. The van der Waals surface area contributed by atoms with Crippen molar-refractivity contribution in [3.05, 3.63) is 30.3 Å². The van der Waals surface area contributed by atoms with Gasteiger partial charge >= 0.3 is 5.97 Å². The summed E-state index contributed by atoms with van der Waals surface area (Å²) < 4.78 is 0. The van der Waals surface area contributed by atoms with Crippen LogP contribution in [0.4, 0.5) is 5.69 Å². The molecule has 1 fully saturated rings. The summed E-state index contributed by atoms with van der Waals surface area (Å²) in [6, 6.07) is 8.60. The van der Waals surface area contributed by atoms with Crippen LogP contribution in [0, 0.1) is 5.92 Å². The lowest BCUT2D eigenvalue weighted by Gasteiger charge is -2.33. The quantitative estimate of drug-likeness (QED) is 0.780. The van der Waals surface area contributed by atoms with E-state index in [1.165, 1.54) is 4.90 Å². The van der Waals surface area contributed by atoms with Crippen LogP contribution in [0.1, 0.15) is 19.8 Å². The van der Waals surface area contributed by atoms with E-state index in [1.807, 2.05) is 30.3 Å². The average Bonchev–Trinajstić information content (AvgIpc) is 2.61. The Bertz CT molecular complexity index is 618. The smallest absolute Gasteiger partial charge is 0.320 e. The van der Waals surface area contributed by atoms with Crippen molar-refractivity contribution in [2.75, 3.05) is 32.0 Å². The Morgan fingerprint density at radius 1 is 1.23 bits per heavy atom. The number of hydrogen-bond donors (Lipinski definition) is 2. The average molecular weight is 384 g/mol. The molecule has 0 aliphatic carbocycles. The molecule has 7 nitrogen and oxygen atoms in total. The van der Waals surface area contributed by atoms with E-state index >= 15 is 0 Å². The minimum Gasteiger partial charge on any atom is -0.480 e. The lowest BCUT2D eigenvalue weighted by Crippen LogP contribution is -2.47. The zero-order valence-corrected chi connectivity index (χ0v) is 15.9. The van der Waals surface area contributed by atoms with Gasteiger partial charge in [-0.15, -0.1) is 12.4 Å². The number of nitrogens with one attached hydrogen (secondary N) is 1. The van der Waals surface area contributed by atoms with Gasteiger partial charge in [-0.1, -0.05) is 18.2 Å². The van der Waals surface area contributed by atoms with Gasteiger partial charge in [-0.05, 0) is 38.9 Å². The van der Waals surface area contributed by atoms with Crippen molar-refractivity contribution < 1.29 is 19.5 Å². The van der Waals surface area contributed by atoms with Crippen molar-refractivity contribution in [2.45, 2.75) is 25.8 Å². The standard InChI is InChI=1S/C18H25N3O4.ClH/c1-13(18(24)25)20(2)12-16(22)21-10-8-14(9-11-21)17(23)19-15-6-4-3-5-7-15;/h3-7,13-14H,8-12H2,1-2H3,(H,19,23)(H,24,25);1H. The first-order chi connectivity index (χ1) is 11.9. The van der Waals surface area contributed by atoms with Crippen molar-refractivity contribution in [1.29, 1.82) is 0 Å². The molecule has 2 rings (SSSR count). The Morgan fingerprint density at radius 3 is 2.35 bits per heavy atom. The van der Waals surface area contributed by atoms with Gasteiger partial charge in [-0.3, -0.25) is 19.3 Å². The Balaban J connectivity index is 0.00000338. The van der Waals surface area contributed by atoms with Crippen molar-refractivity contribution in [1.82, 2.24) is 9.80 Å². The van der Waals surface area contributed by atoms with E-state index in [2.05, 4.69) is 5.32 Å². The number of carbonyl (C=O) groups is 3. The third-order valence-electron chi connectivity index (χ3n) is 4.66. The number of piperidine rings is 1. The number of nitrogens with zero attached hydrogens (tertiary/aromatic N) is 2. The first-order valence-corrected chi connectivity index (χ1v) is 8.45. The molecule has 1 saturated heterocycles. The first-order valence-electron chi connectivity index (χ1n) is 8.45. The molecule has 0 spiro atoms. The fourth-order valence-corrected chi connectivity index (χ4v) is 2.80. The van der Waals surface area contributed by atoms with Crippen LogP contribution in [0.2, 0.25) is 0 Å². The molecular formula is C18H26ClN3O4. The molecule has 2 amide bonds. The Morgan fingerprint density at radius 2 is 1.81 bits per heavy atom. The minimum atomic E-state index is -0.952. The SMILES string of the molecule is CC(C(=O)O)N(C)CC(=O)N1CCC(C(=O)Nc2ccccc2)CC1.Cl. The van der Waals surface area contributed by atoms with Crippen LogP contribution in [-0.4, -0.2) is 65.4 Å². The van der Waals surface area contributed by atoms with E-state index in [0.717, 1.165) is 5.69 Å². The van der Waals surface area contributed by atoms with Crippen LogP contribution in [0.15, 0.2) is 30.3 Å². The number of carbonyl (C=O) groups excluding carboxylic acids is 2. The van der Waals surface area contributed by atoms with Crippen LogP contribution in [0.25, 0.3) is 0 Å². The van der Waals surface area contributed by atoms with Gasteiger partial charge in [0.05, 0.1) is 6.54 Å². The number of hydrogen-bond acceptors (Lipinski definition) is 4. The van der Waals surface area contributed by atoms with E-state index in [4.69, 9.17) is 5.11 Å². The second-order valence-corrected chi connectivity index (χ2v) is 6.44. The van der Waals surface area contributed by atoms with Gasteiger partial charge in [0.2, 0.25) is 11.8 Å². The molecule has 0 bridgehead atoms. The second-order valence-electron chi connectivity index (χ2n) is 6.44. The fraction of sp³-hybridized carbons (Fsp3) is 0.500. The molecule has 1 heterocycles. The molecule has 26 heavy (non-hydrogen) atoms. The molecule has 1 aliphatic heterocycles. The number of halogens is 1. The molecule has 0 saturated carbocycles. The summed E-state index contributed by atoms with van der Waals surface area (Å²) in [5.41, 5.74) is 0.773. The lowest BCUT2D eigenvalue weighted by molar-refractivity contribution is -0.144. The third kappa shape index (κ3) is 6.00. The van der Waals surface area contributed by atoms with Crippen LogP contribution in [0.5, 0.6) is 0 Å². The summed E-state index contributed by atoms with van der Waals surface area (Å²) >= 11 is 0. The van der Waals surface area contributed by atoms with E-state index in [0.29, 0.717) is 25.9 Å². The van der Waals surface area contributed by atoms with Crippen LogP contribution in [0.3, 0.4) is 0 Å². The topological polar surface area (TPSA) is 90.0 Å². The van der Waals surface area contributed by atoms with Gasteiger partial charge in [0.25, 0.3) is 0 Å². The maximum Gasteiger partial charge on any atom is 0.320 e. The number of likely N-dealkylation sites (tertiary alicyclic amines) is 1. The van der Waals surface area contributed by atoms with Gasteiger partial charge in [0.15, 0.2) is 0 Å². The van der Waals surface area contributed by atoms with Crippen molar-refractivity contribution >= 4 is 35.9 Å². The molecule has 0 aromatic heterocycles. The number of amides is 2. The molecule has 1 atom stereocenters. The Kier molecular flexibility index (Phi) is 8.54. The van der Waals surface area contributed by atoms with Crippen LogP contribution in [-0.2, 0) is 14.4 Å². The maximum atomic E-state index is 12.3. The summed E-state index contributed by atoms with van der Waals surface area (Å²) in [7, 11) is 1.62. The third-order valence-corrected chi connectivity index (χ3v) is 4.66. The number of aliphatic carboxylic acids is 1. The van der Waals surface area contributed by atoms with E-state index < -0.39 is 12.0 Å². The predicted molar refractivity (Wildman–Crippen MR) is 101 cm³/mol. The van der Waals surface area contributed by atoms with Crippen LogP contribution >= 0.6 is 12.4 Å². The van der Waals surface area contributed by atoms with Gasteiger partial charge in [-0.25, -0.2) is 0 Å². The lowest BCUT2D eigenvalue weighted by atomic mass is 9.95. The van der Waals surface area contributed by atoms with Crippen LogP contribution < -0.4 is 5.32 Å². The maximum absolute atomic E-state index is 12.3. The molecule has 1 unspecified atom stereocenters. The van der Waals surface area contributed by atoms with Gasteiger partial charge in [0.1, 0.15) is 6.04 Å². The minimum absolute atomic E-state index is 0. The van der Waals surface area contributed by atoms with Crippen molar-refractivity contribution in [2.24, 2.45) is 5.92 Å². The largest absolute Gasteiger partial charge is 0.480 e. The molecule has 8 heteroatoms. The number of benzene rings is 1. The zero-order chi connectivity index (χ0) is 18.4. The first kappa shape index (κ1) is 21.9. The summed E-state index contributed by atoms with van der Waals surface area (Å²) in [6.07, 6.45) is 1.23. The van der Waals surface area contributed by atoms with E-state index in [9.17, 15) is 14.4 Å². The zero-order valence-electron chi connectivity index (χ0n) is 15.1. The number of rotatable bonds is 6. The van der Waals surface area contributed by atoms with Gasteiger partial charge < -0.3 is 15.3 Å². The molecular weight excluding hydrogens is 358 g/mol. The summed E-state index contributed by atoms with van der Waals surface area (Å²) in [5.74, 6) is -1.18. The summed E-state index contributed by atoms with van der Waals surface area (Å²) in [6.45, 7) is 2.64. The van der Waals surface area contributed by atoms with E-state index in [-0.39, 0.29) is 36.7 Å². The number of para-hydroxylation sites is 1. The number of carboxylic acids is 1. The predicted octanol–water partition coefficient (Wildman–Crippen LogP) is 1.69. The van der Waals surface area contributed by atoms with Crippen molar-refractivity contribution in [3.63, 3.8) is 0 Å². The summed E-state index contributed by atoms with van der Waals surface area (Å²) in [4.78, 5) is 38.8. The monoisotopic (exact) mass is 383 g/mol. The highest BCUT2D eigenvalue weighted by Crippen LogP contribution is 2.19.